The molecule has 0 aliphatic heterocycles. The molecule has 136 valence electrons. The molecule has 1 aliphatic carbocycles. The lowest BCUT2D eigenvalue weighted by Crippen LogP contribution is -2.39. The first-order valence-corrected chi connectivity index (χ1v) is 9.25. The molecule has 2 aromatic rings. The van der Waals surface area contributed by atoms with Crippen LogP contribution in [0.2, 0.25) is 10.0 Å². The summed E-state index contributed by atoms with van der Waals surface area (Å²) in [6.07, 6.45) is 1.97. The molecule has 4 nitrogen and oxygen atoms in total. The molecule has 0 saturated carbocycles. The van der Waals surface area contributed by atoms with E-state index in [9.17, 15) is 9.59 Å². The van der Waals surface area contributed by atoms with Crippen molar-refractivity contribution < 1.29 is 14.3 Å². The number of ether oxygens (including phenoxy) is 1. The zero-order valence-corrected chi connectivity index (χ0v) is 15.8. The predicted molar refractivity (Wildman–Crippen MR) is 102 cm³/mol. The molecular formula is C20H19Cl2NO3. The second-order valence-electron chi connectivity index (χ2n) is 6.32. The fourth-order valence-corrected chi connectivity index (χ4v) is 3.61. The molecule has 1 amide bonds. The molecule has 2 atom stereocenters. The lowest BCUT2D eigenvalue weighted by molar-refractivity contribution is -0.130. The fourth-order valence-electron chi connectivity index (χ4n) is 3.13. The van der Waals surface area contributed by atoms with Crippen molar-refractivity contribution in [3.05, 3.63) is 69.2 Å². The van der Waals surface area contributed by atoms with Gasteiger partial charge in [0.1, 0.15) is 0 Å². The van der Waals surface area contributed by atoms with Crippen LogP contribution in [-0.4, -0.2) is 18.0 Å². The van der Waals surface area contributed by atoms with Crippen molar-refractivity contribution in [2.24, 2.45) is 0 Å². The Balaban J connectivity index is 1.64. The van der Waals surface area contributed by atoms with Gasteiger partial charge < -0.3 is 10.1 Å². The lowest BCUT2D eigenvalue weighted by atomic mass is 9.87. The maximum atomic E-state index is 12.5. The normalized spacial score (nSPS) is 17.1. The van der Waals surface area contributed by atoms with Crippen molar-refractivity contribution in [2.75, 3.05) is 0 Å². The van der Waals surface area contributed by atoms with Crippen LogP contribution >= 0.6 is 23.2 Å². The van der Waals surface area contributed by atoms with Crippen LogP contribution < -0.4 is 5.32 Å². The van der Waals surface area contributed by atoms with Gasteiger partial charge in [-0.25, -0.2) is 4.79 Å². The van der Waals surface area contributed by atoms with Crippen LogP contribution in [0.4, 0.5) is 0 Å². The van der Waals surface area contributed by atoms with E-state index in [0.29, 0.717) is 5.02 Å². The molecular weight excluding hydrogens is 373 g/mol. The number of benzene rings is 2. The highest BCUT2D eigenvalue weighted by atomic mass is 35.5. The van der Waals surface area contributed by atoms with Crippen molar-refractivity contribution in [1.82, 2.24) is 5.32 Å². The first-order valence-electron chi connectivity index (χ1n) is 8.50. The van der Waals surface area contributed by atoms with E-state index < -0.39 is 12.1 Å². The number of rotatable bonds is 4. The average molecular weight is 392 g/mol. The highest BCUT2D eigenvalue weighted by Crippen LogP contribution is 2.29. The number of aryl methyl sites for hydroxylation is 1. The quantitative estimate of drug-likeness (QED) is 0.766. The van der Waals surface area contributed by atoms with Crippen molar-refractivity contribution in [3.63, 3.8) is 0 Å². The van der Waals surface area contributed by atoms with Crippen LogP contribution in [0, 0.1) is 0 Å². The first-order chi connectivity index (χ1) is 12.5. The third kappa shape index (κ3) is 4.19. The third-order valence-corrected chi connectivity index (χ3v) is 5.04. The van der Waals surface area contributed by atoms with Gasteiger partial charge in [-0.2, -0.15) is 0 Å². The molecule has 6 heteroatoms. The summed E-state index contributed by atoms with van der Waals surface area (Å²) >= 11 is 11.8. The molecule has 0 unspecified atom stereocenters. The van der Waals surface area contributed by atoms with Crippen LogP contribution in [0.5, 0.6) is 0 Å². The van der Waals surface area contributed by atoms with Crippen LogP contribution in [0.15, 0.2) is 42.5 Å². The number of nitrogens with one attached hydrogen (secondary N) is 1. The highest BCUT2D eigenvalue weighted by molar-refractivity contribution is 6.36. The van der Waals surface area contributed by atoms with Crippen molar-refractivity contribution >= 4 is 35.1 Å². The number of carbonyl (C=O) groups is 2. The zero-order chi connectivity index (χ0) is 18.7. The second-order valence-corrected chi connectivity index (χ2v) is 7.17. The van der Waals surface area contributed by atoms with Crippen LogP contribution in [-0.2, 0) is 16.0 Å². The van der Waals surface area contributed by atoms with E-state index in [4.69, 9.17) is 27.9 Å². The summed E-state index contributed by atoms with van der Waals surface area (Å²) in [4.78, 5) is 24.7. The summed E-state index contributed by atoms with van der Waals surface area (Å²) in [6.45, 7) is 1.55. The van der Waals surface area contributed by atoms with Crippen molar-refractivity contribution in [3.8, 4) is 0 Å². The topological polar surface area (TPSA) is 55.4 Å². The Morgan fingerprint density at radius 3 is 2.73 bits per heavy atom. The van der Waals surface area contributed by atoms with E-state index in [1.54, 1.807) is 13.0 Å². The standard InChI is InChI=1S/C20H19Cl2NO3/c1-12(26-20(25)16-10-9-14(21)11-17(16)22)19(24)23-18-8-4-6-13-5-2-3-7-15(13)18/h2-3,5,7,9-12,18H,4,6,8H2,1H3,(H,23,24)/t12-,18-/m1/s1. The van der Waals surface area contributed by atoms with E-state index >= 15 is 0 Å². The number of hydrogen-bond acceptors (Lipinski definition) is 3. The fraction of sp³-hybridized carbons (Fsp3) is 0.300. The van der Waals surface area contributed by atoms with E-state index in [0.717, 1.165) is 24.8 Å². The molecule has 1 N–H and O–H groups in total. The SMILES string of the molecule is C[C@@H](OC(=O)c1ccc(Cl)cc1Cl)C(=O)N[C@@H]1CCCc2ccccc21. The summed E-state index contributed by atoms with van der Waals surface area (Å²) in [5, 5.41) is 3.60. The van der Waals surface area contributed by atoms with Gasteiger partial charge in [0.05, 0.1) is 16.6 Å². The second kappa shape index (κ2) is 8.11. The Morgan fingerprint density at radius 2 is 1.96 bits per heavy atom. The molecule has 0 bridgehead atoms. The Morgan fingerprint density at radius 1 is 1.19 bits per heavy atom. The van der Waals surface area contributed by atoms with Gasteiger partial charge in [0, 0.05) is 5.02 Å². The Labute approximate surface area is 162 Å². The minimum absolute atomic E-state index is 0.0623. The molecule has 0 heterocycles. The van der Waals surface area contributed by atoms with Gasteiger partial charge in [-0.05, 0) is 55.5 Å². The predicted octanol–water partition coefficient (Wildman–Crippen LogP) is 4.73. The van der Waals surface area contributed by atoms with Gasteiger partial charge >= 0.3 is 5.97 Å². The zero-order valence-electron chi connectivity index (χ0n) is 14.3. The minimum atomic E-state index is -0.927. The van der Waals surface area contributed by atoms with Gasteiger partial charge in [0.25, 0.3) is 5.91 Å². The number of hydrogen-bond donors (Lipinski definition) is 1. The van der Waals surface area contributed by atoms with Crippen LogP contribution in [0.25, 0.3) is 0 Å². The average Bonchev–Trinajstić information content (AvgIpc) is 2.61. The van der Waals surface area contributed by atoms with Gasteiger partial charge in [0.2, 0.25) is 0 Å². The third-order valence-electron chi connectivity index (χ3n) is 4.49. The van der Waals surface area contributed by atoms with Gasteiger partial charge in [-0.3, -0.25) is 4.79 Å². The largest absolute Gasteiger partial charge is 0.449 e. The maximum absolute atomic E-state index is 12.5. The summed E-state index contributed by atoms with van der Waals surface area (Å²) in [5.74, 6) is -0.983. The number of amides is 1. The van der Waals surface area contributed by atoms with E-state index in [1.807, 2.05) is 18.2 Å². The molecule has 0 radical (unpaired) electrons. The maximum Gasteiger partial charge on any atom is 0.340 e. The summed E-state index contributed by atoms with van der Waals surface area (Å²) in [7, 11) is 0. The minimum Gasteiger partial charge on any atom is -0.449 e. The van der Waals surface area contributed by atoms with Crippen LogP contribution in [0.3, 0.4) is 0 Å². The lowest BCUT2D eigenvalue weighted by Gasteiger charge is -2.27. The van der Waals surface area contributed by atoms with E-state index in [-0.39, 0.29) is 22.5 Å². The number of halogens is 2. The Kier molecular flexibility index (Phi) is 5.84. The van der Waals surface area contributed by atoms with Crippen LogP contribution in [0.1, 0.15) is 47.3 Å². The smallest absolute Gasteiger partial charge is 0.340 e. The summed E-state index contributed by atoms with van der Waals surface area (Å²) in [5.41, 5.74) is 2.56. The Hall–Kier alpha value is -2.04. The molecule has 0 saturated heterocycles. The van der Waals surface area contributed by atoms with Gasteiger partial charge in [0.15, 0.2) is 6.10 Å². The first kappa shape index (κ1) is 18.7. The molecule has 0 fully saturated rings. The van der Waals surface area contributed by atoms with Crippen molar-refractivity contribution in [2.45, 2.75) is 38.3 Å². The number of carbonyl (C=O) groups excluding carboxylic acids is 2. The molecule has 2 aromatic carbocycles. The summed E-state index contributed by atoms with van der Waals surface area (Å²) in [6, 6.07) is 12.5. The molecule has 0 aromatic heterocycles. The molecule has 1 aliphatic rings. The van der Waals surface area contributed by atoms with E-state index in [2.05, 4.69) is 11.4 Å². The monoisotopic (exact) mass is 391 g/mol. The van der Waals surface area contributed by atoms with E-state index in [1.165, 1.54) is 17.7 Å². The molecule has 26 heavy (non-hydrogen) atoms. The van der Waals surface area contributed by atoms with Gasteiger partial charge in [-0.1, -0.05) is 47.5 Å². The molecule has 3 rings (SSSR count). The summed E-state index contributed by atoms with van der Waals surface area (Å²) < 4.78 is 5.27. The number of fused-ring (bicyclic) bond motifs is 1. The van der Waals surface area contributed by atoms with Gasteiger partial charge in [-0.15, -0.1) is 0 Å². The Bertz CT molecular complexity index is 838. The number of esters is 1. The van der Waals surface area contributed by atoms with Crippen molar-refractivity contribution in [1.29, 1.82) is 0 Å². The molecule has 0 spiro atoms. The highest BCUT2D eigenvalue weighted by Gasteiger charge is 2.26.